The first-order valence-electron chi connectivity index (χ1n) is 10.6. The minimum absolute atomic E-state index is 0.608. The molecule has 1 aliphatic heterocycles. The van der Waals surface area contributed by atoms with Gasteiger partial charge in [0.05, 0.1) is 6.61 Å². The number of pyridine rings is 1. The van der Waals surface area contributed by atoms with E-state index < -0.39 is 8.32 Å². The van der Waals surface area contributed by atoms with Crippen molar-refractivity contribution in [2.75, 3.05) is 0 Å². The average Bonchev–Trinajstić information content (AvgIpc) is 3.31. The molecule has 0 spiro atoms. The Morgan fingerprint density at radius 1 is 1.08 bits per heavy atom. The number of nitrogens with zero attached hydrogens (tertiary/aromatic N) is 1. The van der Waals surface area contributed by atoms with Crippen molar-refractivity contribution in [1.29, 1.82) is 0 Å². The van der Waals surface area contributed by atoms with Gasteiger partial charge in [-0.2, -0.15) is 0 Å². The number of rotatable bonds is 8. The molecule has 2 heterocycles. The van der Waals surface area contributed by atoms with Crippen molar-refractivity contribution in [3.05, 3.63) is 22.5 Å². The molecular weight excluding hydrogens is 322 g/mol. The van der Waals surface area contributed by atoms with Gasteiger partial charge < -0.3 is 4.43 Å². The second kappa shape index (κ2) is 7.52. The largest absolute Gasteiger partial charge is 0.407 e. The molecule has 1 saturated carbocycles. The maximum absolute atomic E-state index is 6.74. The van der Waals surface area contributed by atoms with Crippen LogP contribution in [0, 0.1) is 6.92 Å². The first-order chi connectivity index (χ1) is 11.9. The van der Waals surface area contributed by atoms with Crippen LogP contribution in [0.25, 0.3) is 0 Å². The minimum atomic E-state index is -1.95. The Bertz CT molecular complexity index is 611. The summed E-state index contributed by atoms with van der Waals surface area (Å²) >= 11 is 0. The van der Waals surface area contributed by atoms with Crippen LogP contribution >= 0.6 is 0 Å². The van der Waals surface area contributed by atoms with Crippen LogP contribution in [-0.2, 0) is 17.5 Å². The van der Waals surface area contributed by atoms with Gasteiger partial charge in [-0.3, -0.25) is 4.98 Å². The van der Waals surface area contributed by atoms with E-state index in [1.807, 2.05) is 0 Å². The average molecular weight is 360 g/mol. The lowest BCUT2D eigenvalue weighted by Gasteiger charge is -2.36. The quantitative estimate of drug-likeness (QED) is 0.426. The molecule has 0 bridgehead atoms. The molecule has 140 valence electrons. The Kier molecular flexibility index (Phi) is 5.74. The van der Waals surface area contributed by atoms with Crippen LogP contribution in [0.4, 0.5) is 0 Å². The lowest BCUT2D eigenvalue weighted by atomic mass is 10.0. The number of unbranched alkanes of at least 4 members (excludes halogenated alkanes) is 3. The third-order valence-electron chi connectivity index (χ3n) is 6.48. The van der Waals surface area contributed by atoms with E-state index in [-0.39, 0.29) is 0 Å². The second-order valence-electron chi connectivity index (χ2n) is 8.90. The van der Waals surface area contributed by atoms with Crippen LogP contribution in [0.5, 0.6) is 0 Å². The summed E-state index contributed by atoms with van der Waals surface area (Å²) in [5, 5.41) is 1.61. The number of fused-ring (bicyclic) bond motifs is 1. The van der Waals surface area contributed by atoms with Gasteiger partial charge in [0, 0.05) is 17.3 Å². The molecule has 0 saturated heterocycles. The van der Waals surface area contributed by atoms with E-state index in [2.05, 4.69) is 41.5 Å². The van der Waals surface area contributed by atoms with E-state index in [1.165, 1.54) is 61.0 Å². The Balaban J connectivity index is 2.06. The monoisotopic (exact) mass is 359 g/mol. The van der Waals surface area contributed by atoms with Crippen molar-refractivity contribution >= 4 is 13.5 Å². The predicted molar refractivity (Wildman–Crippen MR) is 109 cm³/mol. The van der Waals surface area contributed by atoms with E-state index >= 15 is 0 Å². The molecule has 25 heavy (non-hydrogen) atoms. The third-order valence-corrected chi connectivity index (χ3v) is 11.9. The summed E-state index contributed by atoms with van der Waals surface area (Å²) < 4.78 is 6.74. The first kappa shape index (κ1) is 19.1. The van der Waals surface area contributed by atoms with E-state index in [4.69, 9.17) is 9.41 Å². The maximum atomic E-state index is 6.74. The number of hydrogen-bond acceptors (Lipinski definition) is 2. The lowest BCUT2D eigenvalue weighted by molar-refractivity contribution is 0.299. The summed E-state index contributed by atoms with van der Waals surface area (Å²) in [5.41, 5.74) is 7.05. The predicted octanol–water partition coefficient (Wildman–Crippen LogP) is 5.89. The molecule has 0 N–H and O–H groups in total. The first-order valence-corrected chi connectivity index (χ1v) is 12.7. The van der Waals surface area contributed by atoms with E-state index in [9.17, 15) is 0 Å². The maximum Gasteiger partial charge on any atom is 0.231 e. The van der Waals surface area contributed by atoms with E-state index in [1.54, 1.807) is 5.19 Å². The topological polar surface area (TPSA) is 22.1 Å². The van der Waals surface area contributed by atoms with Crippen molar-refractivity contribution in [3.63, 3.8) is 0 Å². The summed E-state index contributed by atoms with van der Waals surface area (Å²) in [7, 11) is -1.95. The highest BCUT2D eigenvalue weighted by atomic mass is 28.4. The molecule has 0 unspecified atom stereocenters. The Morgan fingerprint density at radius 2 is 1.76 bits per heavy atom. The SMILES string of the molecule is CCCCCCc1nc(C2CC2)c(C)c2c1[Si](C(C)C)(C(C)C)OC2. The number of aryl methyl sites for hydroxylation is 1. The Hall–Kier alpha value is -0.673. The fraction of sp³-hybridized carbons (Fsp3) is 0.773. The highest BCUT2D eigenvalue weighted by Gasteiger charge is 2.51. The zero-order valence-electron chi connectivity index (χ0n) is 17.2. The molecule has 3 heteroatoms. The fourth-order valence-corrected chi connectivity index (χ4v) is 9.98. The van der Waals surface area contributed by atoms with Gasteiger partial charge in [-0.1, -0.05) is 53.9 Å². The highest BCUT2D eigenvalue weighted by molar-refractivity contribution is 6.90. The molecule has 1 fully saturated rings. The van der Waals surface area contributed by atoms with Gasteiger partial charge >= 0.3 is 0 Å². The van der Waals surface area contributed by atoms with Gasteiger partial charge in [0.25, 0.3) is 0 Å². The molecular formula is C22H37NOSi. The van der Waals surface area contributed by atoms with Gasteiger partial charge in [0.1, 0.15) is 0 Å². The molecule has 0 amide bonds. The van der Waals surface area contributed by atoms with Crippen LogP contribution in [0.3, 0.4) is 0 Å². The van der Waals surface area contributed by atoms with Gasteiger partial charge in [-0.15, -0.1) is 0 Å². The number of hydrogen-bond donors (Lipinski definition) is 0. The summed E-state index contributed by atoms with van der Waals surface area (Å²) in [4.78, 5) is 5.32. The third kappa shape index (κ3) is 3.34. The zero-order chi connectivity index (χ0) is 18.2. The van der Waals surface area contributed by atoms with Crippen LogP contribution < -0.4 is 5.19 Å². The molecule has 0 radical (unpaired) electrons. The highest BCUT2D eigenvalue weighted by Crippen LogP contribution is 2.45. The summed E-state index contributed by atoms with van der Waals surface area (Å²) in [6.07, 6.45) is 9.07. The van der Waals surface area contributed by atoms with Crippen LogP contribution in [0.1, 0.15) is 102 Å². The van der Waals surface area contributed by atoms with Crippen LogP contribution in [-0.4, -0.2) is 13.3 Å². The van der Waals surface area contributed by atoms with Gasteiger partial charge in [0.2, 0.25) is 8.32 Å². The van der Waals surface area contributed by atoms with E-state index in [0.29, 0.717) is 11.1 Å². The minimum Gasteiger partial charge on any atom is -0.407 e. The normalized spacial score (nSPS) is 19.0. The van der Waals surface area contributed by atoms with Crippen molar-refractivity contribution < 1.29 is 4.43 Å². The second-order valence-corrected chi connectivity index (χ2v) is 13.6. The van der Waals surface area contributed by atoms with Gasteiger partial charge in [-0.05, 0) is 60.0 Å². The molecule has 0 aromatic carbocycles. The standard InChI is InChI=1S/C22H37NOSi/c1-7-8-9-10-11-20-22-19(17(6)21(23-20)18-12-13-18)14-24-25(22,15(2)3)16(4)5/h15-16,18H,7-14H2,1-6H3. The summed E-state index contributed by atoms with van der Waals surface area (Å²) in [6, 6.07) is 0. The van der Waals surface area contributed by atoms with Gasteiger partial charge in [-0.25, -0.2) is 0 Å². The zero-order valence-corrected chi connectivity index (χ0v) is 18.2. The molecule has 2 nitrogen and oxygen atoms in total. The Labute approximate surface area is 155 Å². The molecule has 3 rings (SSSR count). The van der Waals surface area contributed by atoms with E-state index in [0.717, 1.165) is 18.9 Å². The summed E-state index contributed by atoms with van der Waals surface area (Å²) in [5.74, 6) is 0.731. The fourth-order valence-electron chi connectivity index (χ4n) is 4.94. The van der Waals surface area contributed by atoms with Gasteiger partial charge in [0.15, 0.2) is 0 Å². The number of aromatic nitrogens is 1. The lowest BCUT2D eigenvalue weighted by Crippen LogP contribution is -2.54. The molecule has 0 atom stereocenters. The molecule has 2 aliphatic rings. The van der Waals surface area contributed by atoms with Crippen molar-refractivity contribution in [1.82, 2.24) is 4.98 Å². The van der Waals surface area contributed by atoms with Crippen molar-refractivity contribution in [2.45, 2.75) is 110 Å². The Morgan fingerprint density at radius 3 is 2.32 bits per heavy atom. The molecule has 1 aliphatic carbocycles. The van der Waals surface area contributed by atoms with Crippen molar-refractivity contribution in [3.8, 4) is 0 Å². The van der Waals surface area contributed by atoms with Crippen LogP contribution in [0.2, 0.25) is 11.1 Å². The van der Waals surface area contributed by atoms with Crippen molar-refractivity contribution in [2.24, 2.45) is 0 Å². The smallest absolute Gasteiger partial charge is 0.231 e. The summed E-state index contributed by atoms with van der Waals surface area (Å²) in [6.45, 7) is 15.0. The molecule has 1 aromatic rings. The van der Waals surface area contributed by atoms with Crippen LogP contribution in [0.15, 0.2) is 0 Å². The molecule has 1 aromatic heterocycles.